The lowest BCUT2D eigenvalue weighted by atomic mass is 9.62. The van der Waals surface area contributed by atoms with Crippen molar-refractivity contribution in [1.82, 2.24) is 0 Å². The van der Waals surface area contributed by atoms with Gasteiger partial charge in [-0.2, -0.15) is 0 Å². The van der Waals surface area contributed by atoms with Gasteiger partial charge in [0.25, 0.3) is 0 Å². The fourth-order valence-electron chi connectivity index (χ4n) is 2.79. The van der Waals surface area contributed by atoms with Crippen LogP contribution in [0.25, 0.3) is 0 Å². The first-order valence-corrected chi connectivity index (χ1v) is 6.93. The van der Waals surface area contributed by atoms with Crippen LogP contribution in [-0.4, -0.2) is 11.5 Å². The topological polar surface area (TPSA) is 9.23 Å². The van der Waals surface area contributed by atoms with Crippen LogP contribution >= 0.6 is 11.6 Å². The second-order valence-corrected chi connectivity index (χ2v) is 5.59. The molecule has 0 saturated heterocycles. The molecule has 0 N–H and O–H groups in total. The molecule has 0 radical (unpaired) electrons. The molecule has 2 rings (SSSR count). The largest absolute Gasteiger partial charge is 0.490 e. The van der Waals surface area contributed by atoms with Gasteiger partial charge >= 0.3 is 0 Å². The van der Waals surface area contributed by atoms with Crippen LogP contribution in [0.5, 0.6) is 5.75 Å². The molecule has 17 heavy (non-hydrogen) atoms. The number of alkyl halides is 1. The van der Waals surface area contributed by atoms with Crippen molar-refractivity contribution in [3.05, 3.63) is 29.8 Å². The molecule has 1 aromatic carbocycles. The van der Waals surface area contributed by atoms with Gasteiger partial charge in [-0.1, -0.05) is 31.5 Å². The van der Waals surface area contributed by atoms with Gasteiger partial charge in [-0.05, 0) is 31.9 Å². The Hall–Kier alpha value is -0.690. The highest BCUT2D eigenvalue weighted by atomic mass is 35.5. The standard InChI is InChI=1S/C15H21ClO/c1-4-15(5-2)13(16)10-14(15)17-12-8-6-11(3)7-9-12/h6-9,13-14H,4-5,10H2,1-3H3. The van der Waals surface area contributed by atoms with Gasteiger partial charge in [0, 0.05) is 17.2 Å². The van der Waals surface area contributed by atoms with Gasteiger partial charge in [0.1, 0.15) is 11.9 Å². The Morgan fingerprint density at radius 2 is 1.82 bits per heavy atom. The Kier molecular flexibility index (Phi) is 3.67. The molecule has 2 atom stereocenters. The molecule has 1 aliphatic rings. The molecular formula is C15H21ClO. The van der Waals surface area contributed by atoms with E-state index < -0.39 is 0 Å². The van der Waals surface area contributed by atoms with E-state index in [1.807, 2.05) is 12.1 Å². The number of hydrogen-bond donors (Lipinski definition) is 0. The Bertz CT molecular complexity index is 367. The zero-order chi connectivity index (χ0) is 12.5. The summed E-state index contributed by atoms with van der Waals surface area (Å²) in [6.45, 7) is 6.51. The van der Waals surface area contributed by atoms with Gasteiger partial charge in [0.15, 0.2) is 0 Å². The zero-order valence-electron chi connectivity index (χ0n) is 10.9. The Balaban J connectivity index is 2.07. The number of benzene rings is 1. The summed E-state index contributed by atoms with van der Waals surface area (Å²) in [6, 6.07) is 8.28. The van der Waals surface area contributed by atoms with Crippen molar-refractivity contribution in [2.75, 3.05) is 0 Å². The minimum absolute atomic E-state index is 0.173. The van der Waals surface area contributed by atoms with Crippen LogP contribution in [0.1, 0.15) is 38.7 Å². The van der Waals surface area contributed by atoms with Crippen LogP contribution in [0.2, 0.25) is 0 Å². The summed E-state index contributed by atoms with van der Waals surface area (Å²) in [5.74, 6) is 0.968. The summed E-state index contributed by atoms with van der Waals surface area (Å²) in [5, 5.41) is 0.271. The predicted octanol–water partition coefficient (Wildman–Crippen LogP) is 4.56. The van der Waals surface area contributed by atoms with Crippen molar-refractivity contribution >= 4 is 11.6 Å². The molecule has 1 aliphatic carbocycles. The van der Waals surface area contributed by atoms with Crippen LogP contribution in [-0.2, 0) is 0 Å². The lowest BCUT2D eigenvalue weighted by Crippen LogP contribution is -2.56. The quantitative estimate of drug-likeness (QED) is 0.714. The van der Waals surface area contributed by atoms with Crippen molar-refractivity contribution in [2.24, 2.45) is 5.41 Å². The monoisotopic (exact) mass is 252 g/mol. The summed E-state index contributed by atoms with van der Waals surface area (Å²) in [7, 11) is 0. The third-order valence-corrected chi connectivity index (χ3v) is 4.91. The molecule has 0 aromatic heterocycles. The van der Waals surface area contributed by atoms with Crippen LogP contribution in [0.3, 0.4) is 0 Å². The van der Waals surface area contributed by atoms with Crippen molar-refractivity contribution in [2.45, 2.75) is 51.5 Å². The van der Waals surface area contributed by atoms with Gasteiger partial charge in [-0.25, -0.2) is 0 Å². The summed E-state index contributed by atoms with van der Waals surface area (Å²) in [5.41, 5.74) is 1.44. The number of halogens is 1. The fraction of sp³-hybridized carbons (Fsp3) is 0.600. The summed E-state index contributed by atoms with van der Waals surface area (Å²) < 4.78 is 6.09. The number of rotatable bonds is 4. The SMILES string of the molecule is CCC1(CC)C(Cl)CC1Oc1ccc(C)cc1. The van der Waals surface area contributed by atoms with Crippen molar-refractivity contribution < 1.29 is 4.74 Å². The molecule has 94 valence electrons. The van der Waals surface area contributed by atoms with Crippen LogP contribution in [0.4, 0.5) is 0 Å². The maximum Gasteiger partial charge on any atom is 0.119 e. The van der Waals surface area contributed by atoms with Crippen molar-refractivity contribution in [3.8, 4) is 5.75 Å². The van der Waals surface area contributed by atoms with E-state index >= 15 is 0 Å². The Labute approximate surface area is 109 Å². The molecule has 1 fully saturated rings. The van der Waals surface area contributed by atoms with E-state index in [2.05, 4.69) is 32.9 Å². The van der Waals surface area contributed by atoms with Crippen molar-refractivity contribution in [3.63, 3.8) is 0 Å². The smallest absolute Gasteiger partial charge is 0.119 e. The number of hydrogen-bond acceptors (Lipinski definition) is 1. The zero-order valence-corrected chi connectivity index (χ0v) is 11.6. The molecule has 0 aliphatic heterocycles. The maximum atomic E-state index is 6.38. The molecular weight excluding hydrogens is 232 g/mol. The summed E-state index contributed by atoms with van der Waals surface area (Å²) in [6.07, 6.45) is 3.43. The van der Waals surface area contributed by atoms with Gasteiger partial charge in [0.05, 0.1) is 0 Å². The van der Waals surface area contributed by atoms with Gasteiger partial charge < -0.3 is 4.74 Å². The predicted molar refractivity (Wildman–Crippen MR) is 72.9 cm³/mol. The van der Waals surface area contributed by atoms with Crippen LogP contribution < -0.4 is 4.74 Å². The van der Waals surface area contributed by atoms with Gasteiger partial charge in [-0.15, -0.1) is 11.6 Å². The third-order valence-electron chi connectivity index (χ3n) is 4.30. The fourth-order valence-corrected chi connectivity index (χ4v) is 3.40. The third kappa shape index (κ3) is 2.18. The molecule has 1 aromatic rings. The van der Waals surface area contributed by atoms with E-state index in [1.54, 1.807) is 0 Å². The Morgan fingerprint density at radius 1 is 1.24 bits per heavy atom. The highest BCUT2D eigenvalue weighted by molar-refractivity contribution is 6.21. The molecule has 0 bridgehead atoms. The first kappa shape index (κ1) is 12.8. The molecule has 1 saturated carbocycles. The normalized spacial score (nSPS) is 26.4. The maximum absolute atomic E-state index is 6.38. The van der Waals surface area contributed by atoms with Gasteiger partial charge in [-0.3, -0.25) is 0 Å². The average Bonchev–Trinajstić information content (AvgIpc) is 2.33. The van der Waals surface area contributed by atoms with Gasteiger partial charge in [0.2, 0.25) is 0 Å². The van der Waals surface area contributed by atoms with Crippen molar-refractivity contribution in [1.29, 1.82) is 0 Å². The summed E-state index contributed by atoms with van der Waals surface area (Å²) >= 11 is 6.38. The van der Waals surface area contributed by atoms with E-state index in [1.165, 1.54) is 5.56 Å². The second kappa shape index (κ2) is 4.89. The Morgan fingerprint density at radius 3 is 2.29 bits per heavy atom. The van der Waals surface area contributed by atoms with E-state index in [0.717, 1.165) is 25.0 Å². The molecule has 2 unspecified atom stereocenters. The van der Waals surface area contributed by atoms with E-state index in [-0.39, 0.29) is 16.9 Å². The highest BCUT2D eigenvalue weighted by Gasteiger charge is 2.53. The molecule has 1 nitrogen and oxygen atoms in total. The number of aryl methyl sites for hydroxylation is 1. The molecule has 2 heteroatoms. The average molecular weight is 253 g/mol. The van der Waals surface area contributed by atoms with Crippen LogP contribution in [0.15, 0.2) is 24.3 Å². The van der Waals surface area contributed by atoms with Crippen LogP contribution in [0, 0.1) is 12.3 Å². The number of ether oxygens (including phenoxy) is 1. The minimum atomic E-state index is 0.173. The molecule has 0 heterocycles. The van der Waals surface area contributed by atoms with E-state index in [4.69, 9.17) is 16.3 Å². The van der Waals surface area contributed by atoms with E-state index in [0.29, 0.717) is 0 Å². The highest BCUT2D eigenvalue weighted by Crippen LogP contribution is 2.51. The molecule has 0 amide bonds. The lowest BCUT2D eigenvalue weighted by Gasteiger charge is -2.52. The second-order valence-electron chi connectivity index (χ2n) is 5.06. The summed E-state index contributed by atoms with van der Waals surface area (Å²) in [4.78, 5) is 0. The van der Waals surface area contributed by atoms with E-state index in [9.17, 15) is 0 Å². The first-order chi connectivity index (χ1) is 8.12. The minimum Gasteiger partial charge on any atom is -0.490 e. The first-order valence-electron chi connectivity index (χ1n) is 6.49. The molecule has 0 spiro atoms. The lowest BCUT2D eigenvalue weighted by molar-refractivity contribution is -0.0462.